The summed E-state index contributed by atoms with van der Waals surface area (Å²) in [6, 6.07) is 13.7. The Morgan fingerprint density at radius 3 is 1.60 bits per heavy atom. The first-order valence-electron chi connectivity index (χ1n) is 10.7. The minimum atomic E-state index is 0.439. The van der Waals surface area contributed by atoms with Crippen molar-refractivity contribution in [3.63, 3.8) is 0 Å². The second-order valence-corrected chi connectivity index (χ2v) is 7.08. The normalized spacial score (nSPS) is 17.4. The lowest BCUT2D eigenvalue weighted by Crippen LogP contribution is -2.15. The van der Waals surface area contributed by atoms with Gasteiger partial charge < -0.3 is 28.4 Å². The van der Waals surface area contributed by atoms with Crippen LogP contribution >= 0.6 is 0 Å². The molecule has 1 aliphatic rings. The van der Waals surface area contributed by atoms with Gasteiger partial charge in [0.15, 0.2) is 23.0 Å². The fourth-order valence-corrected chi connectivity index (χ4v) is 3.03. The maximum atomic E-state index is 5.97. The van der Waals surface area contributed by atoms with Gasteiger partial charge in [0.1, 0.15) is 26.4 Å². The predicted molar refractivity (Wildman–Crippen MR) is 115 cm³/mol. The Morgan fingerprint density at radius 2 is 1.10 bits per heavy atom. The zero-order valence-corrected chi connectivity index (χ0v) is 17.9. The van der Waals surface area contributed by atoms with Crippen molar-refractivity contribution in [1.29, 1.82) is 0 Å². The van der Waals surface area contributed by atoms with Crippen LogP contribution < -0.4 is 18.9 Å². The van der Waals surface area contributed by atoms with E-state index < -0.39 is 0 Å². The van der Waals surface area contributed by atoms with Crippen molar-refractivity contribution in [3.8, 4) is 23.0 Å². The summed E-state index contributed by atoms with van der Waals surface area (Å²) in [4.78, 5) is 0. The third kappa shape index (κ3) is 6.82. The minimum Gasteiger partial charge on any atom is -0.487 e. The maximum Gasteiger partial charge on any atom is 0.161 e. The van der Waals surface area contributed by atoms with Crippen LogP contribution in [-0.4, -0.2) is 52.9 Å². The van der Waals surface area contributed by atoms with Gasteiger partial charge in [-0.15, -0.1) is 0 Å². The monoisotopic (exact) mass is 416 g/mol. The molecule has 1 heterocycles. The SMILES string of the molecule is CC[C@H](C)c1ccc2c(c1)OCCOCCOc1ccccc1OCCOCCO2. The van der Waals surface area contributed by atoms with Crippen LogP contribution in [0.3, 0.4) is 0 Å². The summed E-state index contributed by atoms with van der Waals surface area (Å²) >= 11 is 0. The standard InChI is InChI=1S/C24H32O6/c1-3-19(2)20-8-9-23-24(18-20)30-17-13-26-11-15-28-22-7-5-4-6-21(22)27-14-10-25-12-16-29-23/h4-9,18-19H,3,10-17H2,1-2H3/t19-/m0/s1. The van der Waals surface area contributed by atoms with Gasteiger partial charge in [0.2, 0.25) is 0 Å². The van der Waals surface area contributed by atoms with Crippen molar-refractivity contribution in [1.82, 2.24) is 0 Å². The highest BCUT2D eigenvalue weighted by molar-refractivity contribution is 5.44. The molecule has 0 spiro atoms. The number of fused-ring (bicyclic) bond motifs is 2. The molecule has 0 unspecified atom stereocenters. The number of hydrogen-bond acceptors (Lipinski definition) is 6. The zero-order valence-electron chi connectivity index (χ0n) is 17.9. The molecule has 0 saturated heterocycles. The Kier molecular flexibility index (Phi) is 9.12. The molecule has 0 fully saturated rings. The number of para-hydroxylation sites is 2. The summed E-state index contributed by atoms with van der Waals surface area (Å²) in [6.07, 6.45) is 1.07. The van der Waals surface area contributed by atoms with Crippen molar-refractivity contribution in [2.45, 2.75) is 26.2 Å². The molecule has 30 heavy (non-hydrogen) atoms. The fraction of sp³-hybridized carbons (Fsp3) is 0.500. The van der Waals surface area contributed by atoms with Gasteiger partial charge >= 0.3 is 0 Å². The smallest absolute Gasteiger partial charge is 0.161 e. The van der Waals surface area contributed by atoms with E-state index in [1.807, 2.05) is 30.3 Å². The van der Waals surface area contributed by atoms with Crippen LogP contribution in [0.2, 0.25) is 0 Å². The largest absolute Gasteiger partial charge is 0.487 e. The van der Waals surface area contributed by atoms with Crippen LogP contribution in [0.1, 0.15) is 31.7 Å². The fourth-order valence-electron chi connectivity index (χ4n) is 3.03. The summed E-state index contributed by atoms with van der Waals surface area (Å²) in [5.41, 5.74) is 1.24. The number of benzene rings is 2. The van der Waals surface area contributed by atoms with Gasteiger partial charge in [-0.2, -0.15) is 0 Å². The number of ether oxygens (including phenoxy) is 6. The molecule has 1 aliphatic heterocycles. The highest BCUT2D eigenvalue weighted by atomic mass is 16.6. The van der Waals surface area contributed by atoms with E-state index in [2.05, 4.69) is 26.0 Å². The Labute approximate surface area is 179 Å². The lowest BCUT2D eigenvalue weighted by Gasteiger charge is -2.17. The first-order chi connectivity index (χ1) is 14.8. The Hall–Kier alpha value is -2.44. The lowest BCUT2D eigenvalue weighted by atomic mass is 9.98. The summed E-state index contributed by atoms with van der Waals surface area (Å²) in [7, 11) is 0. The average molecular weight is 417 g/mol. The summed E-state index contributed by atoms with van der Waals surface area (Å²) in [6.45, 7) is 8.03. The molecule has 2 aromatic rings. The van der Waals surface area contributed by atoms with E-state index >= 15 is 0 Å². The van der Waals surface area contributed by atoms with Crippen LogP contribution in [-0.2, 0) is 9.47 Å². The Bertz CT molecular complexity index is 763. The summed E-state index contributed by atoms with van der Waals surface area (Å²) in [5.74, 6) is 3.33. The van der Waals surface area contributed by atoms with E-state index in [-0.39, 0.29) is 0 Å². The molecule has 1 atom stereocenters. The molecule has 0 radical (unpaired) electrons. The molecular formula is C24H32O6. The molecular weight excluding hydrogens is 384 g/mol. The molecule has 0 bridgehead atoms. The first kappa shape index (κ1) is 22.2. The zero-order chi connectivity index (χ0) is 21.0. The third-order valence-corrected chi connectivity index (χ3v) is 4.94. The van der Waals surface area contributed by atoms with E-state index in [9.17, 15) is 0 Å². The summed E-state index contributed by atoms with van der Waals surface area (Å²) < 4.78 is 34.7. The quantitative estimate of drug-likeness (QED) is 0.720. The predicted octanol–water partition coefficient (Wildman–Crippen LogP) is 4.46. The maximum absolute atomic E-state index is 5.97. The number of rotatable bonds is 2. The molecule has 164 valence electrons. The van der Waals surface area contributed by atoms with Gasteiger partial charge in [-0.05, 0) is 42.2 Å². The highest BCUT2D eigenvalue weighted by Gasteiger charge is 2.11. The topological polar surface area (TPSA) is 55.4 Å². The van der Waals surface area contributed by atoms with Gasteiger partial charge in [-0.25, -0.2) is 0 Å². The van der Waals surface area contributed by atoms with Gasteiger partial charge in [-0.1, -0.05) is 32.0 Å². The van der Waals surface area contributed by atoms with Crippen molar-refractivity contribution in [2.75, 3.05) is 52.9 Å². The van der Waals surface area contributed by atoms with Crippen LogP contribution in [0.4, 0.5) is 0 Å². The van der Waals surface area contributed by atoms with Crippen molar-refractivity contribution in [2.24, 2.45) is 0 Å². The van der Waals surface area contributed by atoms with Crippen LogP contribution in [0.15, 0.2) is 42.5 Å². The molecule has 0 amide bonds. The highest BCUT2D eigenvalue weighted by Crippen LogP contribution is 2.32. The molecule has 0 N–H and O–H groups in total. The molecule has 6 nitrogen and oxygen atoms in total. The molecule has 6 heteroatoms. The molecule has 0 saturated carbocycles. The summed E-state index contributed by atoms with van der Waals surface area (Å²) in [5, 5.41) is 0. The van der Waals surface area contributed by atoms with Crippen molar-refractivity contribution in [3.05, 3.63) is 48.0 Å². The van der Waals surface area contributed by atoms with Gasteiger partial charge in [0, 0.05) is 0 Å². The second kappa shape index (κ2) is 12.3. The number of hydrogen-bond donors (Lipinski definition) is 0. The van der Waals surface area contributed by atoms with Crippen LogP contribution in [0.25, 0.3) is 0 Å². The molecule has 0 aliphatic carbocycles. The molecule has 0 aromatic heterocycles. The van der Waals surface area contributed by atoms with E-state index in [4.69, 9.17) is 28.4 Å². The minimum absolute atomic E-state index is 0.439. The Morgan fingerprint density at radius 1 is 0.633 bits per heavy atom. The lowest BCUT2D eigenvalue weighted by molar-refractivity contribution is 0.0640. The average Bonchev–Trinajstić information content (AvgIpc) is 2.78. The second-order valence-electron chi connectivity index (χ2n) is 7.08. The first-order valence-corrected chi connectivity index (χ1v) is 10.7. The van der Waals surface area contributed by atoms with E-state index in [0.29, 0.717) is 70.3 Å². The van der Waals surface area contributed by atoms with Crippen molar-refractivity contribution < 1.29 is 28.4 Å². The van der Waals surface area contributed by atoms with Crippen LogP contribution in [0, 0.1) is 0 Å². The van der Waals surface area contributed by atoms with Gasteiger partial charge in [-0.3, -0.25) is 0 Å². The molecule has 2 aromatic carbocycles. The third-order valence-electron chi connectivity index (χ3n) is 4.94. The molecule has 3 rings (SSSR count). The van der Waals surface area contributed by atoms with Gasteiger partial charge in [0.25, 0.3) is 0 Å². The van der Waals surface area contributed by atoms with E-state index in [1.54, 1.807) is 0 Å². The van der Waals surface area contributed by atoms with Gasteiger partial charge in [0.05, 0.1) is 26.4 Å². The van der Waals surface area contributed by atoms with Crippen LogP contribution in [0.5, 0.6) is 23.0 Å². The van der Waals surface area contributed by atoms with Crippen molar-refractivity contribution >= 4 is 0 Å². The van der Waals surface area contributed by atoms with E-state index in [1.165, 1.54) is 5.56 Å². The Balaban J connectivity index is 1.61. The van der Waals surface area contributed by atoms with E-state index in [0.717, 1.165) is 17.9 Å².